The highest BCUT2D eigenvalue weighted by Gasteiger charge is 2.26. The van der Waals surface area contributed by atoms with E-state index in [9.17, 15) is 4.79 Å². The number of thiophene rings is 1. The molecule has 1 amide bonds. The van der Waals surface area contributed by atoms with Gasteiger partial charge in [0.15, 0.2) is 5.69 Å². The monoisotopic (exact) mass is 297 g/mol. The van der Waals surface area contributed by atoms with E-state index in [0.29, 0.717) is 5.69 Å². The van der Waals surface area contributed by atoms with Crippen LogP contribution < -0.4 is 0 Å². The Morgan fingerprint density at radius 1 is 1.19 bits per heavy atom. The predicted molar refractivity (Wildman–Crippen MR) is 83.6 cm³/mol. The van der Waals surface area contributed by atoms with Gasteiger partial charge in [0, 0.05) is 30.2 Å². The van der Waals surface area contributed by atoms with Gasteiger partial charge in [-0.1, -0.05) is 6.07 Å². The molecule has 0 bridgehead atoms. The van der Waals surface area contributed by atoms with Crippen LogP contribution in [-0.2, 0) is 0 Å². The number of imidazole rings is 1. The van der Waals surface area contributed by atoms with Crippen LogP contribution in [0.2, 0.25) is 0 Å². The van der Waals surface area contributed by atoms with E-state index in [1.807, 2.05) is 45.1 Å². The number of carbonyl (C=O) groups excluding carboxylic acids is 1. The lowest BCUT2D eigenvalue weighted by molar-refractivity contribution is 0.0788. The van der Waals surface area contributed by atoms with Crippen molar-refractivity contribution >= 4 is 22.9 Å². The number of hydrogen-bond acceptors (Lipinski definition) is 3. The first kappa shape index (κ1) is 12.6. The maximum Gasteiger partial charge on any atom is 0.274 e. The molecule has 1 saturated heterocycles. The SMILES string of the molecule is O=C(c1nc2ccccn2c1-c1ccsc1)N1CCCC1. The molecule has 1 aliphatic rings. The minimum absolute atomic E-state index is 0.0531. The summed E-state index contributed by atoms with van der Waals surface area (Å²) in [5.74, 6) is 0.0531. The summed E-state index contributed by atoms with van der Waals surface area (Å²) in [7, 11) is 0. The molecule has 0 radical (unpaired) electrons. The fraction of sp³-hybridized carbons (Fsp3) is 0.250. The largest absolute Gasteiger partial charge is 0.337 e. The number of pyridine rings is 1. The van der Waals surface area contributed by atoms with Gasteiger partial charge in [-0.15, -0.1) is 0 Å². The van der Waals surface area contributed by atoms with Crippen molar-refractivity contribution in [2.75, 3.05) is 13.1 Å². The number of likely N-dealkylation sites (tertiary alicyclic amines) is 1. The highest BCUT2D eigenvalue weighted by atomic mass is 32.1. The first-order valence-electron chi connectivity index (χ1n) is 7.13. The minimum atomic E-state index is 0.0531. The van der Waals surface area contributed by atoms with Crippen molar-refractivity contribution in [2.45, 2.75) is 12.8 Å². The smallest absolute Gasteiger partial charge is 0.274 e. The summed E-state index contributed by atoms with van der Waals surface area (Å²) < 4.78 is 2.01. The van der Waals surface area contributed by atoms with Crippen LogP contribution in [0.15, 0.2) is 41.2 Å². The van der Waals surface area contributed by atoms with Gasteiger partial charge in [0.2, 0.25) is 0 Å². The summed E-state index contributed by atoms with van der Waals surface area (Å²) in [6.07, 6.45) is 4.15. The third kappa shape index (κ3) is 2.05. The van der Waals surface area contributed by atoms with Gasteiger partial charge in [-0.2, -0.15) is 11.3 Å². The van der Waals surface area contributed by atoms with Gasteiger partial charge in [0.25, 0.3) is 5.91 Å². The molecule has 0 saturated carbocycles. The van der Waals surface area contributed by atoms with E-state index >= 15 is 0 Å². The molecular weight excluding hydrogens is 282 g/mol. The lowest BCUT2D eigenvalue weighted by Crippen LogP contribution is -2.28. The molecule has 5 heteroatoms. The third-order valence-electron chi connectivity index (χ3n) is 3.92. The lowest BCUT2D eigenvalue weighted by atomic mass is 10.2. The molecule has 0 aromatic carbocycles. The molecule has 3 aromatic heterocycles. The molecule has 1 fully saturated rings. The Bertz CT molecular complexity index is 785. The molecule has 1 aliphatic heterocycles. The molecule has 21 heavy (non-hydrogen) atoms. The van der Waals surface area contributed by atoms with Gasteiger partial charge in [-0.05, 0) is 36.4 Å². The van der Waals surface area contributed by atoms with E-state index in [4.69, 9.17) is 0 Å². The minimum Gasteiger partial charge on any atom is -0.337 e. The average Bonchev–Trinajstić information content (AvgIpc) is 3.24. The van der Waals surface area contributed by atoms with Crippen molar-refractivity contribution < 1.29 is 4.79 Å². The Morgan fingerprint density at radius 3 is 2.81 bits per heavy atom. The predicted octanol–water partition coefficient (Wildman–Crippen LogP) is 3.30. The highest BCUT2D eigenvalue weighted by molar-refractivity contribution is 7.08. The second-order valence-electron chi connectivity index (χ2n) is 5.25. The number of carbonyl (C=O) groups is 1. The number of fused-ring (bicyclic) bond motifs is 1. The number of aromatic nitrogens is 2. The van der Waals surface area contributed by atoms with Crippen molar-refractivity contribution in [3.8, 4) is 11.3 Å². The summed E-state index contributed by atoms with van der Waals surface area (Å²) in [6.45, 7) is 1.69. The van der Waals surface area contributed by atoms with E-state index < -0.39 is 0 Å². The first-order valence-corrected chi connectivity index (χ1v) is 8.08. The number of nitrogens with zero attached hydrogens (tertiary/aromatic N) is 3. The Morgan fingerprint density at radius 2 is 2.05 bits per heavy atom. The van der Waals surface area contributed by atoms with E-state index in [2.05, 4.69) is 10.4 Å². The summed E-state index contributed by atoms with van der Waals surface area (Å²) in [4.78, 5) is 19.3. The van der Waals surface area contributed by atoms with Crippen molar-refractivity contribution in [3.63, 3.8) is 0 Å². The zero-order valence-electron chi connectivity index (χ0n) is 11.5. The summed E-state index contributed by atoms with van der Waals surface area (Å²) >= 11 is 1.63. The molecule has 0 unspecified atom stereocenters. The average molecular weight is 297 g/mol. The molecule has 0 aliphatic carbocycles. The van der Waals surface area contributed by atoms with Crippen molar-refractivity contribution in [1.82, 2.24) is 14.3 Å². The van der Waals surface area contributed by atoms with Crippen molar-refractivity contribution in [1.29, 1.82) is 0 Å². The van der Waals surface area contributed by atoms with E-state index in [0.717, 1.165) is 42.8 Å². The second kappa shape index (κ2) is 5.00. The number of amides is 1. The van der Waals surface area contributed by atoms with Gasteiger partial charge in [0.1, 0.15) is 5.65 Å². The molecule has 0 spiro atoms. The van der Waals surface area contributed by atoms with Gasteiger partial charge in [-0.25, -0.2) is 4.98 Å². The topological polar surface area (TPSA) is 37.6 Å². The van der Waals surface area contributed by atoms with Crippen LogP contribution in [0.25, 0.3) is 16.9 Å². The number of rotatable bonds is 2. The summed E-state index contributed by atoms with van der Waals surface area (Å²) in [5, 5.41) is 4.10. The highest BCUT2D eigenvalue weighted by Crippen LogP contribution is 2.28. The maximum absolute atomic E-state index is 12.8. The molecule has 3 aromatic rings. The van der Waals surface area contributed by atoms with Crippen LogP contribution in [0.4, 0.5) is 0 Å². The van der Waals surface area contributed by atoms with Crippen LogP contribution in [0, 0.1) is 0 Å². The summed E-state index contributed by atoms with van der Waals surface area (Å²) in [5.41, 5.74) is 3.35. The Labute approximate surface area is 126 Å². The van der Waals surface area contributed by atoms with Crippen LogP contribution in [0.5, 0.6) is 0 Å². The molecule has 4 nitrogen and oxygen atoms in total. The standard InChI is InChI=1S/C16H15N3OS/c20-16(18-7-3-4-8-18)14-15(12-6-10-21-11-12)19-9-2-1-5-13(19)17-14/h1-2,5-6,9-11H,3-4,7-8H2. The first-order chi connectivity index (χ1) is 10.3. The molecule has 4 rings (SSSR count). The molecule has 106 valence electrons. The normalized spacial score (nSPS) is 15.0. The Hall–Kier alpha value is -2.14. The van der Waals surface area contributed by atoms with Crippen LogP contribution >= 0.6 is 11.3 Å². The van der Waals surface area contributed by atoms with Crippen LogP contribution in [0.3, 0.4) is 0 Å². The summed E-state index contributed by atoms with van der Waals surface area (Å²) in [6, 6.07) is 7.90. The van der Waals surface area contributed by atoms with Gasteiger partial charge >= 0.3 is 0 Å². The second-order valence-corrected chi connectivity index (χ2v) is 6.03. The van der Waals surface area contributed by atoms with Crippen molar-refractivity contribution in [3.05, 3.63) is 46.9 Å². The van der Waals surface area contributed by atoms with E-state index in [1.54, 1.807) is 11.3 Å². The fourth-order valence-corrected chi connectivity index (χ4v) is 3.53. The van der Waals surface area contributed by atoms with Crippen molar-refractivity contribution in [2.24, 2.45) is 0 Å². The quantitative estimate of drug-likeness (QED) is 0.728. The fourth-order valence-electron chi connectivity index (χ4n) is 2.89. The van der Waals surface area contributed by atoms with Gasteiger partial charge < -0.3 is 4.90 Å². The third-order valence-corrected chi connectivity index (χ3v) is 4.60. The van der Waals surface area contributed by atoms with Crippen LogP contribution in [0.1, 0.15) is 23.3 Å². The molecule has 0 N–H and O–H groups in total. The molecular formula is C16H15N3OS. The van der Waals surface area contributed by atoms with E-state index in [1.165, 1.54) is 0 Å². The zero-order chi connectivity index (χ0) is 14.2. The number of hydrogen-bond donors (Lipinski definition) is 0. The lowest BCUT2D eigenvalue weighted by Gasteiger charge is -2.14. The Balaban J connectivity index is 1.91. The van der Waals surface area contributed by atoms with E-state index in [-0.39, 0.29) is 5.91 Å². The molecule has 4 heterocycles. The van der Waals surface area contributed by atoms with Gasteiger partial charge in [0.05, 0.1) is 5.69 Å². The zero-order valence-corrected chi connectivity index (χ0v) is 12.3. The molecule has 0 atom stereocenters. The van der Waals surface area contributed by atoms with Crippen LogP contribution in [-0.4, -0.2) is 33.3 Å². The Kier molecular flexibility index (Phi) is 3.00. The van der Waals surface area contributed by atoms with Gasteiger partial charge in [-0.3, -0.25) is 9.20 Å². The maximum atomic E-state index is 12.8.